The van der Waals surface area contributed by atoms with Gasteiger partial charge in [0.15, 0.2) is 0 Å². The van der Waals surface area contributed by atoms with Crippen LogP contribution in [-0.2, 0) is 0 Å². The first kappa shape index (κ1) is 17.9. The van der Waals surface area contributed by atoms with Crippen LogP contribution < -0.4 is 4.74 Å². The lowest BCUT2D eigenvalue weighted by Crippen LogP contribution is -2.13. The standard InChI is InChI=1S/C22H26F2O/c1-2-3-16-4-6-17(7-5-16)18-8-10-19(11-9-18)20-12-14-21(15-13-20)25-22(23)24/h8-17,22H,2-7H2,1H3/t16-,17-. The van der Waals surface area contributed by atoms with Crippen molar-refractivity contribution in [1.29, 1.82) is 0 Å². The first-order valence-corrected chi connectivity index (χ1v) is 9.31. The van der Waals surface area contributed by atoms with Crippen molar-refractivity contribution in [2.45, 2.75) is 58.0 Å². The zero-order valence-corrected chi connectivity index (χ0v) is 14.8. The molecule has 0 amide bonds. The van der Waals surface area contributed by atoms with Gasteiger partial charge in [-0.1, -0.05) is 56.2 Å². The second-order valence-electron chi connectivity index (χ2n) is 7.03. The van der Waals surface area contributed by atoms with E-state index < -0.39 is 6.61 Å². The van der Waals surface area contributed by atoms with Crippen LogP contribution in [0.4, 0.5) is 8.78 Å². The van der Waals surface area contributed by atoms with Gasteiger partial charge in [-0.05, 0) is 66.3 Å². The minimum Gasteiger partial charge on any atom is -0.435 e. The van der Waals surface area contributed by atoms with Gasteiger partial charge in [0.2, 0.25) is 0 Å². The minimum atomic E-state index is -2.78. The maximum atomic E-state index is 12.2. The fourth-order valence-corrected chi connectivity index (χ4v) is 3.97. The second-order valence-corrected chi connectivity index (χ2v) is 7.03. The highest BCUT2D eigenvalue weighted by atomic mass is 19.3. The summed E-state index contributed by atoms with van der Waals surface area (Å²) in [5.74, 6) is 1.80. The van der Waals surface area contributed by atoms with Crippen LogP contribution in [0.25, 0.3) is 11.1 Å². The molecule has 1 nitrogen and oxygen atoms in total. The third-order valence-electron chi connectivity index (χ3n) is 5.34. The molecule has 0 N–H and O–H groups in total. The van der Waals surface area contributed by atoms with Gasteiger partial charge in [-0.2, -0.15) is 8.78 Å². The van der Waals surface area contributed by atoms with Crippen molar-refractivity contribution < 1.29 is 13.5 Å². The molecule has 25 heavy (non-hydrogen) atoms. The molecule has 0 aromatic heterocycles. The van der Waals surface area contributed by atoms with E-state index in [-0.39, 0.29) is 5.75 Å². The Morgan fingerprint density at radius 2 is 1.44 bits per heavy atom. The van der Waals surface area contributed by atoms with Gasteiger partial charge in [-0.3, -0.25) is 0 Å². The monoisotopic (exact) mass is 344 g/mol. The van der Waals surface area contributed by atoms with E-state index >= 15 is 0 Å². The van der Waals surface area contributed by atoms with Crippen molar-refractivity contribution in [3.63, 3.8) is 0 Å². The second kappa shape index (κ2) is 8.46. The first-order chi connectivity index (χ1) is 12.2. The van der Waals surface area contributed by atoms with Gasteiger partial charge in [0, 0.05) is 0 Å². The van der Waals surface area contributed by atoms with Crippen molar-refractivity contribution in [1.82, 2.24) is 0 Å². The van der Waals surface area contributed by atoms with Gasteiger partial charge >= 0.3 is 6.61 Å². The summed E-state index contributed by atoms with van der Waals surface area (Å²) >= 11 is 0. The summed E-state index contributed by atoms with van der Waals surface area (Å²) in [5.41, 5.74) is 3.54. The molecule has 3 rings (SSSR count). The lowest BCUT2D eigenvalue weighted by molar-refractivity contribution is -0.0498. The largest absolute Gasteiger partial charge is 0.435 e. The van der Waals surface area contributed by atoms with Crippen LogP contribution in [0.3, 0.4) is 0 Å². The third-order valence-corrected chi connectivity index (χ3v) is 5.34. The minimum absolute atomic E-state index is 0.194. The topological polar surface area (TPSA) is 9.23 Å². The molecule has 2 aromatic carbocycles. The average Bonchev–Trinajstić information content (AvgIpc) is 2.63. The van der Waals surface area contributed by atoms with Crippen molar-refractivity contribution in [2.24, 2.45) is 5.92 Å². The summed E-state index contributed by atoms with van der Waals surface area (Å²) in [6.45, 7) is -0.505. The average molecular weight is 344 g/mol. The third kappa shape index (κ3) is 4.81. The van der Waals surface area contributed by atoms with Crippen LogP contribution in [0.5, 0.6) is 5.75 Å². The Balaban J connectivity index is 1.62. The highest BCUT2D eigenvalue weighted by Crippen LogP contribution is 2.38. The van der Waals surface area contributed by atoms with Gasteiger partial charge < -0.3 is 4.74 Å². The molecule has 0 unspecified atom stereocenters. The summed E-state index contributed by atoms with van der Waals surface area (Å²) < 4.78 is 28.8. The maximum Gasteiger partial charge on any atom is 0.387 e. The normalized spacial score (nSPS) is 20.6. The van der Waals surface area contributed by atoms with Crippen molar-refractivity contribution in [2.75, 3.05) is 0 Å². The first-order valence-electron chi connectivity index (χ1n) is 9.31. The Morgan fingerprint density at radius 3 is 1.96 bits per heavy atom. The van der Waals surface area contributed by atoms with E-state index in [0.29, 0.717) is 5.92 Å². The van der Waals surface area contributed by atoms with Crippen LogP contribution in [0, 0.1) is 5.92 Å². The molecule has 1 aliphatic rings. The lowest BCUT2D eigenvalue weighted by atomic mass is 9.77. The van der Waals surface area contributed by atoms with Gasteiger partial charge in [0.1, 0.15) is 5.75 Å². The van der Waals surface area contributed by atoms with Crippen molar-refractivity contribution in [3.05, 3.63) is 54.1 Å². The van der Waals surface area contributed by atoms with E-state index in [0.717, 1.165) is 17.0 Å². The molecule has 0 atom stereocenters. The van der Waals surface area contributed by atoms with E-state index in [2.05, 4.69) is 35.9 Å². The van der Waals surface area contributed by atoms with E-state index in [1.54, 1.807) is 12.1 Å². The fourth-order valence-electron chi connectivity index (χ4n) is 3.97. The number of alkyl halides is 2. The van der Waals surface area contributed by atoms with E-state index in [4.69, 9.17) is 0 Å². The van der Waals surface area contributed by atoms with Crippen molar-refractivity contribution >= 4 is 0 Å². The number of benzene rings is 2. The molecule has 1 fully saturated rings. The molecule has 0 aliphatic heterocycles. The van der Waals surface area contributed by atoms with Crippen LogP contribution in [0.1, 0.15) is 56.9 Å². The van der Waals surface area contributed by atoms with E-state index in [1.807, 2.05) is 12.1 Å². The molecule has 3 heteroatoms. The highest BCUT2D eigenvalue weighted by Gasteiger charge is 2.21. The van der Waals surface area contributed by atoms with Gasteiger partial charge in [-0.15, -0.1) is 0 Å². The number of hydrogen-bond acceptors (Lipinski definition) is 1. The molecule has 0 bridgehead atoms. The summed E-state index contributed by atoms with van der Waals surface area (Å²) in [6, 6.07) is 15.5. The smallest absolute Gasteiger partial charge is 0.387 e. The Bertz CT molecular complexity index is 641. The quantitative estimate of drug-likeness (QED) is 0.546. The number of hydrogen-bond donors (Lipinski definition) is 0. The van der Waals surface area contributed by atoms with E-state index in [1.165, 1.54) is 44.1 Å². The molecule has 1 saturated carbocycles. The fraction of sp³-hybridized carbons (Fsp3) is 0.455. The van der Waals surface area contributed by atoms with Gasteiger partial charge in [0.25, 0.3) is 0 Å². The number of rotatable bonds is 6. The molecular formula is C22H26F2O. The highest BCUT2D eigenvalue weighted by molar-refractivity contribution is 5.64. The van der Waals surface area contributed by atoms with E-state index in [9.17, 15) is 8.78 Å². The predicted octanol–water partition coefficient (Wildman–Crippen LogP) is 7.03. The number of ether oxygens (including phenoxy) is 1. The lowest BCUT2D eigenvalue weighted by Gasteiger charge is -2.28. The molecule has 1 aliphatic carbocycles. The molecule has 134 valence electrons. The molecule has 0 saturated heterocycles. The SMILES string of the molecule is CCC[C@H]1CC[C@H](c2ccc(-c3ccc(OC(F)F)cc3)cc2)CC1. The zero-order chi connectivity index (χ0) is 17.6. The molecular weight excluding hydrogens is 318 g/mol. The molecule has 0 radical (unpaired) electrons. The van der Waals surface area contributed by atoms with Gasteiger partial charge in [-0.25, -0.2) is 0 Å². The van der Waals surface area contributed by atoms with Crippen LogP contribution in [0.15, 0.2) is 48.5 Å². The Hall–Kier alpha value is -1.90. The summed E-state index contributed by atoms with van der Waals surface area (Å²) in [7, 11) is 0. The number of halogens is 2. The van der Waals surface area contributed by atoms with Crippen molar-refractivity contribution in [3.8, 4) is 16.9 Å². The van der Waals surface area contributed by atoms with Crippen LogP contribution in [0.2, 0.25) is 0 Å². The van der Waals surface area contributed by atoms with Crippen LogP contribution in [-0.4, -0.2) is 6.61 Å². The molecule has 0 heterocycles. The summed E-state index contributed by atoms with van der Waals surface area (Å²) in [4.78, 5) is 0. The summed E-state index contributed by atoms with van der Waals surface area (Å²) in [5, 5.41) is 0. The Morgan fingerprint density at radius 1 is 0.880 bits per heavy atom. The molecule has 0 spiro atoms. The van der Waals surface area contributed by atoms with Crippen LogP contribution >= 0.6 is 0 Å². The maximum absolute atomic E-state index is 12.2. The Labute approximate surface area is 149 Å². The molecule has 2 aromatic rings. The predicted molar refractivity (Wildman–Crippen MR) is 98.1 cm³/mol. The zero-order valence-electron chi connectivity index (χ0n) is 14.8. The Kier molecular flexibility index (Phi) is 6.06. The van der Waals surface area contributed by atoms with Gasteiger partial charge in [0.05, 0.1) is 0 Å². The summed E-state index contributed by atoms with van der Waals surface area (Å²) in [6.07, 6.45) is 7.97.